The van der Waals surface area contributed by atoms with Crippen molar-refractivity contribution in [2.75, 3.05) is 38.2 Å². The second kappa shape index (κ2) is 5.19. The van der Waals surface area contributed by atoms with Crippen molar-refractivity contribution in [3.05, 3.63) is 23.8 Å². The van der Waals surface area contributed by atoms with Crippen molar-refractivity contribution in [1.82, 2.24) is 5.32 Å². The highest BCUT2D eigenvalue weighted by molar-refractivity contribution is 5.61. The molecule has 0 aliphatic carbocycles. The summed E-state index contributed by atoms with van der Waals surface area (Å²) in [5.74, 6) is 0.977. The summed E-state index contributed by atoms with van der Waals surface area (Å²) in [6, 6.07) is 6.55. The fraction of sp³-hybridized carbons (Fsp3) is 0.600. The van der Waals surface area contributed by atoms with Gasteiger partial charge in [-0.1, -0.05) is 26.8 Å². The average molecular weight is 248 g/mol. The van der Waals surface area contributed by atoms with Crippen LogP contribution in [0.3, 0.4) is 0 Å². The Hall–Kier alpha value is -1.22. The van der Waals surface area contributed by atoms with Gasteiger partial charge in [-0.2, -0.15) is 0 Å². The molecule has 0 radical (unpaired) electrons. The van der Waals surface area contributed by atoms with Gasteiger partial charge < -0.3 is 15.0 Å². The fourth-order valence-electron chi connectivity index (χ4n) is 2.31. The predicted octanol–water partition coefficient (Wildman–Crippen LogP) is 2.40. The van der Waals surface area contributed by atoms with E-state index in [1.807, 2.05) is 0 Å². The number of nitrogens with zero attached hydrogens (tertiary/aromatic N) is 1. The Labute approximate surface area is 110 Å². The third-order valence-corrected chi connectivity index (χ3v) is 3.50. The molecule has 1 aliphatic heterocycles. The van der Waals surface area contributed by atoms with Gasteiger partial charge in [0.1, 0.15) is 5.75 Å². The molecule has 1 aliphatic rings. The van der Waals surface area contributed by atoms with Crippen LogP contribution in [0.15, 0.2) is 18.2 Å². The molecule has 1 aromatic rings. The molecule has 18 heavy (non-hydrogen) atoms. The van der Waals surface area contributed by atoms with Gasteiger partial charge in [0.05, 0.1) is 12.8 Å². The molecule has 2 rings (SSSR count). The van der Waals surface area contributed by atoms with E-state index in [1.54, 1.807) is 7.11 Å². The van der Waals surface area contributed by atoms with Crippen molar-refractivity contribution in [1.29, 1.82) is 0 Å². The standard InChI is InChI=1S/C15H24N2O/c1-15(2,3)12-5-6-14(18-4)13(11-12)17-9-7-16-8-10-17/h5-6,11,16H,7-10H2,1-4H3. The maximum atomic E-state index is 5.50. The Morgan fingerprint density at radius 1 is 1.17 bits per heavy atom. The first kappa shape index (κ1) is 13.2. The first-order valence-electron chi connectivity index (χ1n) is 6.66. The SMILES string of the molecule is COc1ccc(C(C)(C)C)cc1N1CCNCC1. The molecule has 1 aromatic carbocycles. The lowest BCUT2D eigenvalue weighted by atomic mass is 9.86. The van der Waals surface area contributed by atoms with Crippen molar-refractivity contribution < 1.29 is 4.74 Å². The minimum Gasteiger partial charge on any atom is -0.495 e. The predicted molar refractivity (Wildman–Crippen MR) is 76.8 cm³/mol. The fourth-order valence-corrected chi connectivity index (χ4v) is 2.31. The molecular formula is C15H24N2O. The van der Waals surface area contributed by atoms with E-state index in [-0.39, 0.29) is 5.41 Å². The Morgan fingerprint density at radius 3 is 2.39 bits per heavy atom. The number of nitrogens with one attached hydrogen (secondary N) is 1. The zero-order valence-electron chi connectivity index (χ0n) is 11.9. The normalized spacial score (nSPS) is 16.8. The molecule has 1 fully saturated rings. The topological polar surface area (TPSA) is 24.5 Å². The molecule has 1 N–H and O–H groups in total. The van der Waals surface area contributed by atoms with E-state index in [2.05, 4.69) is 49.2 Å². The van der Waals surface area contributed by atoms with Crippen LogP contribution in [0.2, 0.25) is 0 Å². The number of anilines is 1. The van der Waals surface area contributed by atoms with Crippen LogP contribution in [0.5, 0.6) is 5.75 Å². The van der Waals surface area contributed by atoms with E-state index >= 15 is 0 Å². The van der Waals surface area contributed by atoms with E-state index in [0.717, 1.165) is 31.9 Å². The second-order valence-corrected chi connectivity index (χ2v) is 5.87. The smallest absolute Gasteiger partial charge is 0.142 e. The summed E-state index contributed by atoms with van der Waals surface area (Å²) in [4.78, 5) is 2.41. The van der Waals surface area contributed by atoms with Crippen molar-refractivity contribution in [3.8, 4) is 5.75 Å². The van der Waals surface area contributed by atoms with Gasteiger partial charge in [0.25, 0.3) is 0 Å². The van der Waals surface area contributed by atoms with Crippen LogP contribution in [0, 0.1) is 0 Å². The highest BCUT2D eigenvalue weighted by Crippen LogP contribution is 2.33. The maximum absolute atomic E-state index is 5.50. The average Bonchev–Trinajstić information content (AvgIpc) is 2.38. The van der Waals surface area contributed by atoms with Gasteiger partial charge in [-0.05, 0) is 23.1 Å². The summed E-state index contributed by atoms with van der Waals surface area (Å²) in [6.07, 6.45) is 0. The summed E-state index contributed by atoms with van der Waals surface area (Å²) in [6.45, 7) is 10.9. The number of ether oxygens (including phenoxy) is 1. The summed E-state index contributed by atoms with van der Waals surface area (Å²) in [5.41, 5.74) is 2.76. The van der Waals surface area contributed by atoms with E-state index in [4.69, 9.17) is 4.74 Å². The van der Waals surface area contributed by atoms with Gasteiger partial charge in [0.15, 0.2) is 0 Å². The van der Waals surface area contributed by atoms with Crippen LogP contribution in [0.4, 0.5) is 5.69 Å². The Morgan fingerprint density at radius 2 is 1.83 bits per heavy atom. The lowest BCUT2D eigenvalue weighted by molar-refractivity contribution is 0.412. The molecule has 0 unspecified atom stereocenters. The van der Waals surface area contributed by atoms with Crippen LogP contribution >= 0.6 is 0 Å². The number of methoxy groups -OCH3 is 1. The van der Waals surface area contributed by atoms with Gasteiger partial charge in [-0.3, -0.25) is 0 Å². The molecule has 3 nitrogen and oxygen atoms in total. The van der Waals surface area contributed by atoms with E-state index in [9.17, 15) is 0 Å². The summed E-state index contributed by atoms with van der Waals surface area (Å²) in [7, 11) is 1.75. The number of piperazine rings is 1. The van der Waals surface area contributed by atoms with Crippen molar-refractivity contribution >= 4 is 5.69 Å². The van der Waals surface area contributed by atoms with Crippen LogP contribution in [0.1, 0.15) is 26.3 Å². The monoisotopic (exact) mass is 248 g/mol. The van der Waals surface area contributed by atoms with E-state index in [0.29, 0.717) is 0 Å². The highest BCUT2D eigenvalue weighted by atomic mass is 16.5. The van der Waals surface area contributed by atoms with Gasteiger partial charge in [-0.15, -0.1) is 0 Å². The molecule has 1 heterocycles. The van der Waals surface area contributed by atoms with Crippen molar-refractivity contribution in [2.24, 2.45) is 0 Å². The molecule has 0 atom stereocenters. The van der Waals surface area contributed by atoms with Crippen molar-refractivity contribution in [3.63, 3.8) is 0 Å². The first-order chi connectivity index (χ1) is 8.52. The van der Waals surface area contributed by atoms with Gasteiger partial charge in [-0.25, -0.2) is 0 Å². The Bertz CT molecular complexity index is 403. The Kier molecular flexibility index (Phi) is 3.81. The first-order valence-corrected chi connectivity index (χ1v) is 6.66. The van der Waals surface area contributed by atoms with Crippen molar-refractivity contribution in [2.45, 2.75) is 26.2 Å². The zero-order valence-corrected chi connectivity index (χ0v) is 11.9. The van der Waals surface area contributed by atoms with Crippen LogP contribution in [0.25, 0.3) is 0 Å². The Balaban J connectivity index is 2.35. The minimum absolute atomic E-state index is 0.176. The van der Waals surface area contributed by atoms with Gasteiger partial charge in [0, 0.05) is 26.2 Å². The minimum atomic E-state index is 0.176. The summed E-state index contributed by atoms with van der Waals surface area (Å²) < 4.78 is 5.50. The molecule has 0 spiro atoms. The number of rotatable bonds is 2. The molecule has 0 amide bonds. The molecule has 100 valence electrons. The summed E-state index contributed by atoms with van der Waals surface area (Å²) >= 11 is 0. The van der Waals surface area contributed by atoms with Crippen LogP contribution < -0.4 is 15.0 Å². The molecule has 3 heteroatoms. The number of hydrogen-bond acceptors (Lipinski definition) is 3. The summed E-state index contributed by atoms with van der Waals surface area (Å²) in [5, 5.41) is 3.38. The lowest BCUT2D eigenvalue weighted by Gasteiger charge is -2.32. The molecule has 0 saturated carbocycles. The maximum Gasteiger partial charge on any atom is 0.142 e. The van der Waals surface area contributed by atoms with E-state index < -0.39 is 0 Å². The molecular weight excluding hydrogens is 224 g/mol. The number of hydrogen-bond donors (Lipinski definition) is 1. The molecule has 0 aromatic heterocycles. The lowest BCUT2D eigenvalue weighted by Crippen LogP contribution is -2.43. The van der Waals surface area contributed by atoms with Crippen LogP contribution in [-0.2, 0) is 5.41 Å². The zero-order chi connectivity index (χ0) is 13.2. The van der Waals surface area contributed by atoms with Crippen LogP contribution in [-0.4, -0.2) is 33.3 Å². The quantitative estimate of drug-likeness (QED) is 0.870. The van der Waals surface area contributed by atoms with Gasteiger partial charge in [0.2, 0.25) is 0 Å². The third kappa shape index (κ3) is 2.78. The van der Waals surface area contributed by atoms with Gasteiger partial charge >= 0.3 is 0 Å². The largest absolute Gasteiger partial charge is 0.495 e. The molecule has 0 bridgehead atoms. The third-order valence-electron chi connectivity index (χ3n) is 3.50. The second-order valence-electron chi connectivity index (χ2n) is 5.87. The number of benzene rings is 1. The molecule has 1 saturated heterocycles. The highest BCUT2D eigenvalue weighted by Gasteiger charge is 2.19. The van der Waals surface area contributed by atoms with E-state index in [1.165, 1.54) is 11.3 Å².